The van der Waals surface area contributed by atoms with Crippen molar-refractivity contribution in [2.75, 3.05) is 21.3 Å². The fourth-order valence-electron chi connectivity index (χ4n) is 5.95. The topological polar surface area (TPSA) is 55.4 Å². The zero-order valence-electron chi connectivity index (χ0n) is 22.5. The molecule has 36 heavy (non-hydrogen) atoms. The fourth-order valence-corrected chi connectivity index (χ4v) is 13.8. The minimum atomic E-state index is -3.61. The number of hydrogen-bond acceptors (Lipinski definition) is 6. The molecule has 0 bridgehead atoms. The first-order valence-corrected chi connectivity index (χ1v) is 17.4. The molecular formula is C28H44O6Si2. The van der Waals surface area contributed by atoms with Crippen LogP contribution in [0, 0.1) is 37.0 Å². The van der Waals surface area contributed by atoms with Crippen LogP contribution in [0.25, 0.3) is 0 Å². The lowest BCUT2D eigenvalue weighted by Gasteiger charge is -2.47. The van der Waals surface area contributed by atoms with Gasteiger partial charge in [-0.25, -0.2) is 0 Å². The maximum atomic E-state index is 6.92. The molecule has 3 aliphatic rings. The van der Waals surface area contributed by atoms with Crippen LogP contribution >= 0.6 is 0 Å². The molecule has 0 saturated heterocycles. The van der Waals surface area contributed by atoms with Gasteiger partial charge in [0.05, 0.1) is 5.67 Å². The highest BCUT2D eigenvalue weighted by Gasteiger charge is 2.62. The van der Waals surface area contributed by atoms with E-state index in [0.29, 0.717) is 0 Å². The van der Waals surface area contributed by atoms with Gasteiger partial charge in [-0.1, -0.05) is 37.0 Å². The quantitative estimate of drug-likeness (QED) is 0.262. The third kappa shape index (κ3) is 6.65. The van der Waals surface area contributed by atoms with Gasteiger partial charge in [-0.15, -0.1) is 19.3 Å². The molecule has 0 amide bonds. The van der Waals surface area contributed by atoms with Crippen molar-refractivity contribution in [3.63, 3.8) is 0 Å². The molecule has 200 valence electrons. The Kier molecular flexibility index (Phi) is 10.3. The largest absolute Gasteiger partial charge is 0.507 e. The van der Waals surface area contributed by atoms with Crippen LogP contribution in [0.5, 0.6) is 0 Å². The van der Waals surface area contributed by atoms with E-state index >= 15 is 0 Å². The first kappa shape index (κ1) is 29.4. The first-order chi connectivity index (χ1) is 17.3. The molecule has 0 N–H and O–H groups in total. The standard InChI is InChI=1S/C28H44O6Si2/c1-7-26(19-13-10-14-20-26)32-35(29-4,30-5)25-36(31-6,33-27(8-2)21-15-11-16-22-27)34-28(9-3)23-17-12-18-24-28/h1-3H,10-25H2,4-6H3. The van der Waals surface area contributed by atoms with Crippen LogP contribution in [-0.2, 0) is 26.6 Å². The van der Waals surface area contributed by atoms with E-state index in [1.807, 2.05) is 0 Å². The summed E-state index contributed by atoms with van der Waals surface area (Å²) in [7, 11) is -2.21. The van der Waals surface area contributed by atoms with Crippen molar-refractivity contribution < 1.29 is 26.6 Å². The van der Waals surface area contributed by atoms with Crippen LogP contribution in [-0.4, -0.2) is 55.7 Å². The molecule has 0 radical (unpaired) electrons. The zero-order valence-corrected chi connectivity index (χ0v) is 24.5. The van der Waals surface area contributed by atoms with Gasteiger partial charge in [-0.05, 0) is 77.0 Å². The SMILES string of the molecule is C#CC1(O[Si](C[Si](OC)(OC2(C#C)CCCCC2)OC2(C#C)CCCCC2)(OC)OC)CCCCC1. The average Bonchev–Trinajstić information content (AvgIpc) is 2.94. The van der Waals surface area contributed by atoms with Crippen molar-refractivity contribution in [3.8, 4) is 37.0 Å². The van der Waals surface area contributed by atoms with E-state index in [0.717, 1.165) is 96.3 Å². The van der Waals surface area contributed by atoms with Crippen molar-refractivity contribution in [1.29, 1.82) is 0 Å². The Balaban J connectivity index is 2.02. The summed E-state index contributed by atoms with van der Waals surface area (Å²) in [6.07, 6.45) is 32.1. The number of rotatable bonds is 11. The van der Waals surface area contributed by atoms with Crippen molar-refractivity contribution in [3.05, 3.63) is 0 Å². The summed E-state index contributed by atoms with van der Waals surface area (Å²) >= 11 is 0. The highest BCUT2D eigenvalue weighted by molar-refractivity contribution is 6.80. The molecule has 3 rings (SSSR count). The van der Waals surface area contributed by atoms with Gasteiger partial charge >= 0.3 is 17.6 Å². The summed E-state index contributed by atoms with van der Waals surface area (Å²) in [5.74, 6) is 8.84. The summed E-state index contributed by atoms with van der Waals surface area (Å²) in [6, 6.07) is 0. The van der Waals surface area contributed by atoms with Gasteiger partial charge in [0.2, 0.25) is 0 Å². The van der Waals surface area contributed by atoms with Crippen LogP contribution in [0.3, 0.4) is 0 Å². The third-order valence-electron chi connectivity index (χ3n) is 8.19. The molecule has 0 unspecified atom stereocenters. The molecule has 0 spiro atoms. The first-order valence-electron chi connectivity index (χ1n) is 13.5. The lowest BCUT2D eigenvalue weighted by molar-refractivity contribution is -0.0589. The Morgan fingerprint density at radius 3 is 1.03 bits per heavy atom. The molecule has 0 aromatic heterocycles. The summed E-state index contributed by atoms with van der Waals surface area (Å²) in [6.45, 7) is 0. The Hall–Kier alpha value is -1.13. The van der Waals surface area contributed by atoms with Crippen LogP contribution in [0.1, 0.15) is 96.3 Å². The molecule has 0 aromatic rings. The highest BCUT2D eigenvalue weighted by atomic mass is 28.5. The van der Waals surface area contributed by atoms with Crippen LogP contribution in [0.4, 0.5) is 0 Å². The van der Waals surface area contributed by atoms with Gasteiger partial charge in [0.1, 0.15) is 16.8 Å². The minimum absolute atomic E-state index is 0.194. The number of hydrogen-bond donors (Lipinski definition) is 0. The van der Waals surface area contributed by atoms with Crippen LogP contribution in [0.2, 0.25) is 5.67 Å². The molecule has 3 saturated carbocycles. The van der Waals surface area contributed by atoms with Crippen molar-refractivity contribution in [2.24, 2.45) is 0 Å². The molecule has 3 aliphatic carbocycles. The molecule has 0 aromatic carbocycles. The lowest BCUT2D eigenvalue weighted by atomic mass is 9.86. The maximum absolute atomic E-state index is 6.92. The van der Waals surface area contributed by atoms with E-state index in [1.54, 1.807) is 21.3 Å². The van der Waals surface area contributed by atoms with E-state index in [9.17, 15) is 0 Å². The van der Waals surface area contributed by atoms with Crippen molar-refractivity contribution in [2.45, 2.75) is 119 Å². The third-order valence-corrected chi connectivity index (χ3v) is 15.6. The van der Waals surface area contributed by atoms with Gasteiger partial charge in [0.25, 0.3) is 0 Å². The number of terminal acetylenes is 3. The average molecular weight is 533 g/mol. The summed E-state index contributed by atoms with van der Waals surface area (Å²) in [4.78, 5) is 0. The van der Waals surface area contributed by atoms with E-state index in [2.05, 4.69) is 17.8 Å². The second kappa shape index (κ2) is 12.6. The Morgan fingerprint density at radius 1 is 0.500 bits per heavy atom. The summed E-state index contributed by atoms with van der Waals surface area (Å²) < 4.78 is 39.0. The van der Waals surface area contributed by atoms with E-state index < -0.39 is 34.4 Å². The zero-order chi connectivity index (χ0) is 26.2. The fraction of sp³-hybridized carbons (Fsp3) is 0.786. The van der Waals surface area contributed by atoms with Gasteiger partial charge < -0.3 is 26.6 Å². The van der Waals surface area contributed by atoms with Crippen LogP contribution < -0.4 is 0 Å². The van der Waals surface area contributed by atoms with E-state index in [4.69, 9.17) is 45.8 Å². The molecular weight excluding hydrogens is 488 g/mol. The predicted octanol–water partition coefficient (Wildman–Crippen LogP) is 5.40. The Morgan fingerprint density at radius 2 is 0.778 bits per heavy atom. The monoisotopic (exact) mass is 532 g/mol. The molecule has 0 heterocycles. The highest BCUT2D eigenvalue weighted by Crippen LogP contribution is 2.43. The lowest BCUT2D eigenvalue weighted by Crippen LogP contribution is -2.64. The molecule has 6 nitrogen and oxygen atoms in total. The molecule has 8 heteroatoms. The second-order valence-corrected chi connectivity index (χ2v) is 16.5. The van der Waals surface area contributed by atoms with E-state index in [1.165, 1.54) is 0 Å². The van der Waals surface area contributed by atoms with Gasteiger partial charge in [0, 0.05) is 21.3 Å². The van der Waals surface area contributed by atoms with Crippen molar-refractivity contribution in [1.82, 2.24) is 0 Å². The smallest absolute Gasteiger partial charge is 0.377 e. The predicted molar refractivity (Wildman–Crippen MR) is 145 cm³/mol. The van der Waals surface area contributed by atoms with Gasteiger partial charge in [0.15, 0.2) is 0 Å². The Bertz CT molecular complexity index is 794. The summed E-state index contributed by atoms with van der Waals surface area (Å²) in [5, 5.41) is 0. The van der Waals surface area contributed by atoms with Crippen molar-refractivity contribution >= 4 is 17.6 Å². The molecule has 0 aliphatic heterocycles. The minimum Gasteiger partial charge on any atom is -0.377 e. The molecule has 0 atom stereocenters. The van der Waals surface area contributed by atoms with E-state index in [-0.39, 0.29) is 5.67 Å². The van der Waals surface area contributed by atoms with Gasteiger partial charge in [-0.2, -0.15) is 0 Å². The molecule has 3 fully saturated rings. The normalized spacial score (nSPS) is 23.7. The summed E-state index contributed by atoms with van der Waals surface area (Å²) in [5.41, 5.74) is -2.10. The Labute approximate surface area is 221 Å². The second-order valence-electron chi connectivity index (χ2n) is 10.6. The van der Waals surface area contributed by atoms with Crippen LogP contribution in [0.15, 0.2) is 0 Å². The maximum Gasteiger partial charge on any atom is 0.507 e. The van der Waals surface area contributed by atoms with Gasteiger partial charge in [-0.3, -0.25) is 0 Å².